The Labute approximate surface area is 150 Å². The van der Waals surface area contributed by atoms with Crippen molar-refractivity contribution >= 4 is 11.3 Å². The molecule has 2 atom stereocenters. The predicted octanol–water partition coefficient (Wildman–Crippen LogP) is 3.11. The van der Waals surface area contributed by atoms with Crippen molar-refractivity contribution in [3.63, 3.8) is 0 Å². The van der Waals surface area contributed by atoms with E-state index in [4.69, 9.17) is 9.15 Å². The molecule has 0 saturated heterocycles. The lowest BCUT2D eigenvalue weighted by atomic mass is 10.1. The van der Waals surface area contributed by atoms with Gasteiger partial charge in [-0.15, -0.1) is 21.5 Å². The van der Waals surface area contributed by atoms with Crippen molar-refractivity contribution in [1.29, 1.82) is 0 Å². The van der Waals surface area contributed by atoms with Gasteiger partial charge in [-0.2, -0.15) is 0 Å². The number of nitrogens with one attached hydrogen (secondary N) is 1. The maximum absolute atomic E-state index is 13.9. The van der Waals surface area contributed by atoms with Gasteiger partial charge in [-0.05, 0) is 43.5 Å². The fraction of sp³-hybridized carbons (Fsp3) is 0.333. The van der Waals surface area contributed by atoms with E-state index in [0.29, 0.717) is 18.3 Å². The fourth-order valence-electron chi connectivity index (χ4n) is 2.75. The highest BCUT2D eigenvalue weighted by molar-refractivity contribution is 7.13. The van der Waals surface area contributed by atoms with E-state index in [1.807, 2.05) is 30.5 Å². The van der Waals surface area contributed by atoms with Gasteiger partial charge in [0.05, 0.1) is 18.5 Å². The second-order valence-electron chi connectivity index (χ2n) is 5.80. The summed E-state index contributed by atoms with van der Waals surface area (Å²) in [6, 6.07) is 8.98. The summed E-state index contributed by atoms with van der Waals surface area (Å²) in [6.45, 7) is 5.65. The molecule has 0 aliphatic carbocycles. The Morgan fingerprint density at radius 3 is 2.80 bits per heavy atom. The van der Waals surface area contributed by atoms with Gasteiger partial charge in [-0.3, -0.25) is 0 Å². The predicted molar refractivity (Wildman–Crippen MR) is 94.2 cm³/mol. The third kappa shape index (κ3) is 3.88. The Kier molecular flexibility index (Phi) is 5.45. The number of ether oxygens (including phenoxy) is 1. The largest absolute Gasteiger partial charge is 0.494 e. The highest BCUT2D eigenvalue weighted by atomic mass is 32.1. The van der Waals surface area contributed by atoms with Crippen LogP contribution in [0.5, 0.6) is 5.75 Å². The first kappa shape index (κ1) is 17.6. The molecule has 132 valence electrons. The Morgan fingerprint density at radius 2 is 2.16 bits per heavy atom. The average molecular weight is 362 g/mol. The number of hydrogen-bond donors (Lipinski definition) is 1. The quantitative estimate of drug-likeness (QED) is 0.702. The van der Waals surface area contributed by atoms with Gasteiger partial charge in [0.2, 0.25) is 0 Å². The van der Waals surface area contributed by atoms with Gasteiger partial charge in [0.25, 0.3) is 11.8 Å². The smallest absolute Gasteiger partial charge is 0.274 e. The van der Waals surface area contributed by atoms with Crippen LogP contribution in [0.3, 0.4) is 0 Å². The molecular weight excluding hydrogens is 341 g/mol. The molecular formula is C18H21FN3O2S+. The number of thiophene rings is 1. The zero-order valence-corrected chi connectivity index (χ0v) is 15.3. The Balaban J connectivity index is 1.75. The molecule has 0 amide bonds. The molecule has 1 N–H and O–H groups in total. The van der Waals surface area contributed by atoms with Crippen molar-refractivity contribution in [3.05, 3.63) is 53.0 Å². The zero-order chi connectivity index (χ0) is 17.8. The minimum absolute atomic E-state index is 0.0105. The average Bonchev–Trinajstić information content (AvgIpc) is 3.30. The summed E-state index contributed by atoms with van der Waals surface area (Å²) in [4.78, 5) is 2.17. The molecule has 1 aromatic carbocycles. The number of quaternary nitrogens is 1. The topological polar surface area (TPSA) is 52.6 Å². The summed E-state index contributed by atoms with van der Waals surface area (Å²) in [6.07, 6.45) is 0. The normalized spacial score (nSPS) is 13.6. The summed E-state index contributed by atoms with van der Waals surface area (Å²) in [5.74, 6) is 1.05. The van der Waals surface area contributed by atoms with Crippen molar-refractivity contribution < 1.29 is 18.4 Å². The van der Waals surface area contributed by atoms with Crippen LogP contribution in [0.15, 0.2) is 40.1 Å². The van der Waals surface area contributed by atoms with Crippen molar-refractivity contribution in [3.8, 4) is 16.5 Å². The van der Waals surface area contributed by atoms with Crippen molar-refractivity contribution in [2.24, 2.45) is 0 Å². The molecule has 2 heterocycles. The van der Waals surface area contributed by atoms with E-state index in [9.17, 15) is 4.39 Å². The maximum atomic E-state index is 13.9. The number of halogens is 1. The van der Waals surface area contributed by atoms with Crippen molar-refractivity contribution in [2.75, 3.05) is 13.7 Å². The molecule has 7 heteroatoms. The van der Waals surface area contributed by atoms with Gasteiger partial charge in [0.1, 0.15) is 6.54 Å². The van der Waals surface area contributed by atoms with E-state index in [1.165, 1.54) is 18.1 Å². The molecule has 0 aliphatic heterocycles. The van der Waals surface area contributed by atoms with E-state index in [1.54, 1.807) is 17.4 Å². The van der Waals surface area contributed by atoms with Crippen LogP contribution in [0, 0.1) is 5.82 Å². The molecule has 0 saturated carbocycles. The minimum Gasteiger partial charge on any atom is -0.494 e. The molecule has 0 aliphatic rings. The number of aromatic nitrogens is 2. The number of rotatable bonds is 7. The number of methoxy groups -OCH3 is 1. The summed E-state index contributed by atoms with van der Waals surface area (Å²) < 4.78 is 24.7. The molecule has 3 rings (SSSR count). The van der Waals surface area contributed by atoms with Crippen LogP contribution >= 0.6 is 11.3 Å². The molecule has 1 unspecified atom stereocenters. The maximum Gasteiger partial charge on any atom is 0.274 e. The van der Waals surface area contributed by atoms with Crippen LogP contribution in [0.4, 0.5) is 4.39 Å². The third-order valence-electron chi connectivity index (χ3n) is 4.26. The van der Waals surface area contributed by atoms with Crippen LogP contribution in [-0.2, 0) is 6.54 Å². The first-order valence-electron chi connectivity index (χ1n) is 8.16. The monoisotopic (exact) mass is 362 g/mol. The van der Waals surface area contributed by atoms with Crippen molar-refractivity contribution in [2.45, 2.75) is 26.4 Å². The zero-order valence-electron chi connectivity index (χ0n) is 14.5. The van der Waals surface area contributed by atoms with Crippen LogP contribution in [0.25, 0.3) is 10.8 Å². The van der Waals surface area contributed by atoms with E-state index < -0.39 is 0 Å². The first-order valence-corrected chi connectivity index (χ1v) is 9.04. The molecule has 25 heavy (non-hydrogen) atoms. The van der Waals surface area contributed by atoms with Crippen molar-refractivity contribution in [1.82, 2.24) is 10.2 Å². The first-order chi connectivity index (χ1) is 12.1. The molecule has 0 fully saturated rings. The third-order valence-corrected chi connectivity index (χ3v) is 5.11. The summed E-state index contributed by atoms with van der Waals surface area (Å²) in [5, 5.41) is 10.3. The lowest BCUT2D eigenvalue weighted by Crippen LogP contribution is -3.10. The SMILES string of the molecule is CC[NH+](Cc1ccc(OC)c(F)c1)[C@@H](C)c1nnc(-c2cccs2)o1. The highest BCUT2D eigenvalue weighted by Crippen LogP contribution is 2.24. The number of hydrogen-bond acceptors (Lipinski definition) is 5. The van der Waals surface area contributed by atoms with Gasteiger partial charge in [-0.1, -0.05) is 6.07 Å². The van der Waals surface area contributed by atoms with E-state index >= 15 is 0 Å². The summed E-state index contributed by atoms with van der Waals surface area (Å²) in [5.41, 5.74) is 0.903. The number of nitrogens with zero attached hydrogens (tertiary/aromatic N) is 2. The standard InChI is InChI=1S/C18H20FN3O2S/c1-4-22(11-13-7-8-15(23-3)14(19)10-13)12(2)17-20-21-18(24-17)16-6-5-9-25-16/h5-10,12H,4,11H2,1-3H3/p+1/t12-/m0/s1. The molecule has 0 radical (unpaired) electrons. The van der Waals surface area contributed by atoms with Gasteiger partial charge in [0.15, 0.2) is 17.6 Å². The van der Waals surface area contributed by atoms with Gasteiger partial charge < -0.3 is 14.1 Å². The van der Waals surface area contributed by atoms with Crippen LogP contribution in [-0.4, -0.2) is 23.9 Å². The summed E-state index contributed by atoms with van der Waals surface area (Å²) >= 11 is 1.57. The van der Waals surface area contributed by atoms with Gasteiger partial charge in [-0.25, -0.2) is 4.39 Å². The van der Waals surface area contributed by atoms with Crippen LogP contribution in [0.1, 0.15) is 31.3 Å². The Morgan fingerprint density at radius 1 is 1.32 bits per heavy atom. The summed E-state index contributed by atoms with van der Waals surface area (Å²) in [7, 11) is 1.46. The van der Waals surface area contributed by atoms with E-state index in [-0.39, 0.29) is 17.6 Å². The highest BCUT2D eigenvalue weighted by Gasteiger charge is 2.25. The lowest BCUT2D eigenvalue weighted by Gasteiger charge is -2.22. The molecule has 0 bridgehead atoms. The van der Waals surface area contributed by atoms with Gasteiger partial charge >= 0.3 is 0 Å². The Bertz CT molecular complexity index is 820. The molecule has 2 aromatic heterocycles. The van der Waals surface area contributed by atoms with Crippen LogP contribution in [0.2, 0.25) is 0 Å². The van der Waals surface area contributed by atoms with Crippen LogP contribution < -0.4 is 9.64 Å². The molecule has 5 nitrogen and oxygen atoms in total. The van der Waals surface area contributed by atoms with E-state index in [2.05, 4.69) is 17.1 Å². The second kappa shape index (κ2) is 7.76. The second-order valence-corrected chi connectivity index (χ2v) is 6.75. The fourth-order valence-corrected chi connectivity index (χ4v) is 3.39. The minimum atomic E-state index is -0.346. The van der Waals surface area contributed by atoms with E-state index in [0.717, 1.165) is 17.0 Å². The molecule has 0 spiro atoms. The van der Waals surface area contributed by atoms with Gasteiger partial charge in [0, 0.05) is 5.56 Å². The Hall–Kier alpha value is -2.25. The molecule has 3 aromatic rings. The lowest BCUT2D eigenvalue weighted by molar-refractivity contribution is -0.942. The number of benzene rings is 1.